The Kier molecular flexibility index (Phi) is 3.50. The molecule has 0 spiro atoms. The van der Waals surface area contributed by atoms with Gasteiger partial charge < -0.3 is 0 Å². The molecule has 3 aromatic carbocycles. The van der Waals surface area contributed by atoms with E-state index in [-0.39, 0.29) is 0 Å². The van der Waals surface area contributed by atoms with Gasteiger partial charge in [-0.3, -0.25) is 0 Å². The monoisotopic (exact) mass is 320 g/mol. The first kappa shape index (κ1) is 14.8. The van der Waals surface area contributed by atoms with Crippen LogP contribution >= 0.6 is 10.0 Å². The van der Waals surface area contributed by atoms with E-state index in [0.717, 1.165) is 0 Å². The fourth-order valence-electron chi connectivity index (χ4n) is 3.86. The Bertz CT molecular complexity index is 890. The minimum absolute atomic E-state index is 0.939. The van der Waals surface area contributed by atoms with Gasteiger partial charge in [0, 0.05) is 9.79 Å². The number of fused-ring (bicyclic) bond motifs is 5. The predicted molar refractivity (Wildman–Crippen MR) is 104 cm³/mol. The molecule has 1 heteroatoms. The average Bonchev–Trinajstić information content (AvgIpc) is 2.81. The van der Waals surface area contributed by atoms with Crippen molar-refractivity contribution in [2.45, 2.75) is 36.0 Å². The summed E-state index contributed by atoms with van der Waals surface area (Å²) >= 11 is 0. The largest absolute Gasteiger partial charge is 0.192 e. The molecule has 0 bridgehead atoms. The minimum atomic E-state index is -0.939. The Morgan fingerprint density at radius 1 is 0.870 bits per heavy atom. The zero-order chi connectivity index (χ0) is 16.0. The summed E-state index contributed by atoms with van der Waals surface area (Å²) in [6.45, 7) is 2.27. The molecular weight excluding hydrogens is 296 g/mol. The number of benzene rings is 3. The summed E-state index contributed by atoms with van der Waals surface area (Å²) in [5.74, 6) is 0. The molecule has 118 valence electrons. The third-order valence-corrected chi connectivity index (χ3v) is 7.99. The highest BCUT2D eigenvalue weighted by molar-refractivity contribution is 8.33. The third kappa shape index (κ3) is 2.21. The molecule has 1 aliphatic heterocycles. The van der Waals surface area contributed by atoms with Gasteiger partial charge in [0.15, 0.2) is 0 Å². The SMILES string of the molecule is CCCCc1ccc2c(c1)S(C)(C)c1c-2ccc2ccccc12. The van der Waals surface area contributed by atoms with Crippen molar-refractivity contribution in [3.05, 3.63) is 60.2 Å². The molecule has 1 heterocycles. The lowest BCUT2D eigenvalue weighted by molar-refractivity contribution is 0.794. The minimum Gasteiger partial charge on any atom is -0.192 e. The highest BCUT2D eigenvalue weighted by Gasteiger charge is 2.33. The topological polar surface area (TPSA) is 0 Å². The number of hydrogen-bond acceptors (Lipinski definition) is 0. The van der Waals surface area contributed by atoms with E-state index in [2.05, 4.69) is 74.0 Å². The lowest BCUT2D eigenvalue weighted by Crippen LogP contribution is -1.95. The standard InChI is InChI=1S/C22H24S/c1-4-5-8-16-11-13-19-20-14-12-17-9-6-7-10-18(17)22(20)23(2,3)21(19)15-16/h6-7,9-15H,4-5,8H2,1-3H3. The van der Waals surface area contributed by atoms with Crippen molar-refractivity contribution in [3.8, 4) is 11.1 Å². The van der Waals surface area contributed by atoms with E-state index < -0.39 is 10.0 Å². The fraction of sp³-hybridized carbons (Fsp3) is 0.273. The van der Waals surface area contributed by atoms with Crippen LogP contribution in [0.3, 0.4) is 0 Å². The van der Waals surface area contributed by atoms with E-state index in [1.54, 1.807) is 9.79 Å². The molecule has 0 saturated heterocycles. The van der Waals surface area contributed by atoms with E-state index in [1.165, 1.54) is 46.7 Å². The second kappa shape index (κ2) is 5.42. The molecule has 0 fully saturated rings. The number of hydrogen-bond donors (Lipinski definition) is 0. The fourth-order valence-corrected chi connectivity index (χ4v) is 6.72. The first-order valence-corrected chi connectivity index (χ1v) is 11.0. The highest BCUT2D eigenvalue weighted by Crippen LogP contribution is 2.68. The quantitative estimate of drug-likeness (QED) is 0.507. The molecule has 23 heavy (non-hydrogen) atoms. The first-order chi connectivity index (χ1) is 11.1. The van der Waals surface area contributed by atoms with Gasteiger partial charge in [0.25, 0.3) is 0 Å². The predicted octanol–water partition coefficient (Wildman–Crippen LogP) is 6.65. The summed E-state index contributed by atoms with van der Waals surface area (Å²) in [6, 6.07) is 20.7. The van der Waals surface area contributed by atoms with Gasteiger partial charge in [-0.25, -0.2) is 0 Å². The van der Waals surface area contributed by atoms with E-state index in [9.17, 15) is 0 Å². The lowest BCUT2D eigenvalue weighted by atomic mass is 9.99. The second-order valence-corrected chi connectivity index (χ2v) is 10.4. The molecule has 4 rings (SSSR count). The number of unbranched alkanes of at least 4 members (excludes halogenated alkanes) is 1. The van der Waals surface area contributed by atoms with Crippen LogP contribution in [0.2, 0.25) is 0 Å². The highest BCUT2D eigenvalue weighted by atomic mass is 32.3. The summed E-state index contributed by atoms with van der Waals surface area (Å²) in [7, 11) is -0.939. The molecule has 3 aromatic rings. The maximum Gasteiger partial charge on any atom is 0.00941 e. The Balaban J connectivity index is 1.94. The molecular formula is C22H24S. The van der Waals surface area contributed by atoms with Crippen LogP contribution in [0.25, 0.3) is 21.9 Å². The van der Waals surface area contributed by atoms with Gasteiger partial charge in [-0.05, 0) is 58.9 Å². The van der Waals surface area contributed by atoms with Gasteiger partial charge in [0.2, 0.25) is 0 Å². The summed E-state index contributed by atoms with van der Waals surface area (Å²) in [4.78, 5) is 3.16. The smallest absolute Gasteiger partial charge is 0.00941 e. The van der Waals surface area contributed by atoms with Crippen LogP contribution in [-0.4, -0.2) is 12.5 Å². The number of rotatable bonds is 3. The van der Waals surface area contributed by atoms with E-state index in [1.807, 2.05) is 0 Å². The zero-order valence-corrected chi connectivity index (χ0v) is 15.0. The van der Waals surface area contributed by atoms with Gasteiger partial charge in [0.05, 0.1) is 0 Å². The Hall–Kier alpha value is -1.73. The van der Waals surface area contributed by atoms with Gasteiger partial charge in [-0.2, -0.15) is 10.0 Å². The zero-order valence-electron chi connectivity index (χ0n) is 14.2. The summed E-state index contributed by atoms with van der Waals surface area (Å²) < 4.78 is 0. The molecule has 0 nitrogen and oxygen atoms in total. The van der Waals surface area contributed by atoms with Crippen molar-refractivity contribution in [2.75, 3.05) is 12.5 Å². The summed E-state index contributed by atoms with van der Waals surface area (Å²) in [5.41, 5.74) is 4.43. The van der Waals surface area contributed by atoms with Gasteiger partial charge in [-0.15, -0.1) is 0 Å². The van der Waals surface area contributed by atoms with Crippen LogP contribution < -0.4 is 0 Å². The van der Waals surface area contributed by atoms with E-state index in [0.29, 0.717) is 0 Å². The average molecular weight is 321 g/mol. The molecule has 0 aromatic heterocycles. The van der Waals surface area contributed by atoms with Crippen LogP contribution in [-0.2, 0) is 6.42 Å². The van der Waals surface area contributed by atoms with Crippen molar-refractivity contribution in [1.82, 2.24) is 0 Å². The van der Waals surface area contributed by atoms with Crippen molar-refractivity contribution in [2.24, 2.45) is 0 Å². The molecule has 0 aliphatic carbocycles. The summed E-state index contributed by atoms with van der Waals surface area (Å²) in [5, 5.41) is 2.81. The molecule has 0 unspecified atom stereocenters. The van der Waals surface area contributed by atoms with Crippen LogP contribution in [0.5, 0.6) is 0 Å². The maximum atomic E-state index is 2.50. The van der Waals surface area contributed by atoms with Crippen molar-refractivity contribution in [3.63, 3.8) is 0 Å². The van der Waals surface area contributed by atoms with Gasteiger partial charge >= 0.3 is 0 Å². The molecule has 0 saturated carbocycles. The van der Waals surface area contributed by atoms with Gasteiger partial charge in [-0.1, -0.05) is 61.9 Å². The van der Waals surface area contributed by atoms with Crippen LogP contribution in [0.1, 0.15) is 25.3 Å². The van der Waals surface area contributed by atoms with Crippen LogP contribution in [0.15, 0.2) is 64.4 Å². The van der Waals surface area contributed by atoms with Crippen molar-refractivity contribution < 1.29 is 0 Å². The van der Waals surface area contributed by atoms with Crippen molar-refractivity contribution >= 4 is 20.8 Å². The Labute approximate surface area is 140 Å². The van der Waals surface area contributed by atoms with Crippen LogP contribution in [0, 0.1) is 0 Å². The Morgan fingerprint density at radius 2 is 1.65 bits per heavy atom. The molecule has 0 atom stereocenters. The second-order valence-electron chi connectivity index (χ2n) is 6.92. The Morgan fingerprint density at radius 3 is 2.48 bits per heavy atom. The molecule has 0 N–H and O–H groups in total. The van der Waals surface area contributed by atoms with Gasteiger partial charge in [0.1, 0.15) is 0 Å². The molecule has 0 radical (unpaired) electrons. The van der Waals surface area contributed by atoms with E-state index >= 15 is 0 Å². The normalized spacial score (nSPS) is 16.1. The summed E-state index contributed by atoms with van der Waals surface area (Å²) in [6.07, 6.45) is 8.68. The third-order valence-electron chi connectivity index (χ3n) is 5.09. The molecule has 0 amide bonds. The molecule has 1 aliphatic rings. The lowest BCUT2D eigenvalue weighted by Gasteiger charge is -2.29. The van der Waals surface area contributed by atoms with Crippen molar-refractivity contribution in [1.29, 1.82) is 0 Å². The van der Waals surface area contributed by atoms with Crippen LogP contribution in [0.4, 0.5) is 0 Å². The maximum absolute atomic E-state index is 2.50. The van der Waals surface area contributed by atoms with E-state index in [4.69, 9.17) is 0 Å². The first-order valence-electron chi connectivity index (χ1n) is 8.51. The number of aryl methyl sites for hydroxylation is 1.